The van der Waals surface area contributed by atoms with Crippen LogP contribution in [0.3, 0.4) is 0 Å². The molecule has 144 valence electrons. The molecule has 8 heteroatoms. The summed E-state index contributed by atoms with van der Waals surface area (Å²) < 4.78 is 44.6. The van der Waals surface area contributed by atoms with Crippen molar-refractivity contribution in [2.75, 3.05) is 7.11 Å². The largest absolute Gasteiger partial charge is 0.416 e. The Morgan fingerprint density at radius 2 is 1.67 bits per heavy atom. The van der Waals surface area contributed by atoms with Gasteiger partial charge in [0.25, 0.3) is 5.91 Å². The van der Waals surface area contributed by atoms with Crippen LogP contribution in [-0.2, 0) is 26.9 Å². The highest BCUT2D eigenvalue weighted by Crippen LogP contribution is 2.32. The number of hydrogen-bond donors (Lipinski definition) is 2. The van der Waals surface area contributed by atoms with Crippen LogP contribution in [0.5, 0.6) is 0 Å². The third-order valence-corrected chi connectivity index (χ3v) is 3.98. The van der Waals surface area contributed by atoms with Gasteiger partial charge in [-0.05, 0) is 17.2 Å². The fourth-order valence-electron chi connectivity index (χ4n) is 2.69. The van der Waals surface area contributed by atoms with E-state index in [4.69, 9.17) is 10.5 Å². The Hall–Kier alpha value is -2.87. The molecule has 0 aliphatic heterocycles. The number of primary amides is 1. The van der Waals surface area contributed by atoms with Gasteiger partial charge in [0.05, 0.1) is 5.56 Å². The van der Waals surface area contributed by atoms with Gasteiger partial charge in [0.15, 0.2) is 6.10 Å². The zero-order valence-corrected chi connectivity index (χ0v) is 14.5. The molecule has 0 spiro atoms. The van der Waals surface area contributed by atoms with E-state index < -0.39 is 35.7 Å². The Morgan fingerprint density at radius 3 is 2.22 bits per heavy atom. The van der Waals surface area contributed by atoms with Gasteiger partial charge in [0, 0.05) is 13.5 Å². The fraction of sp³-hybridized carbons (Fsp3) is 0.263. The molecule has 0 aromatic heterocycles. The number of nitrogens with one attached hydrogen (secondary N) is 1. The van der Waals surface area contributed by atoms with E-state index in [1.165, 1.54) is 25.3 Å². The van der Waals surface area contributed by atoms with E-state index in [-0.39, 0.29) is 12.0 Å². The van der Waals surface area contributed by atoms with E-state index in [2.05, 4.69) is 5.32 Å². The summed E-state index contributed by atoms with van der Waals surface area (Å²) >= 11 is 0. The van der Waals surface area contributed by atoms with Crippen molar-refractivity contribution in [3.63, 3.8) is 0 Å². The smallest absolute Gasteiger partial charge is 0.368 e. The number of carbonyl (C=O) groups excluding carboxylic acids is 2. The highest BCUT2D eigenvalue weighted by atomic mass is 19.4. The molecule has 2 amide bonds. The number of benzene rings is 2. The van der Waals surface area contributed by atoms with Crippen LogP contribution in [-0.4, -0.2) is 25.0 Å². The van der Waals surface area contributed by atoms with Crippen LogP contribution in [0, 0.1) is 0 Å². The lowest BCUT2D eigenvalue weighted by Gasteiger charge is -2.21. The van der Waals surface area contributed by atoms with Gasteiger partial charge in [-0.3, -0.25) is 9.59 Å². The molecular formula is C19H19F3N2O3. The van der Waals surface area contributed by atoms with Crippen LogP contribution in [0.15, 0.2) is 54.6 Å². The van der Waals surface area contributed by atoms with Crippen LogP contribution < -0.4 is 11.1 Å². The van der Waals surface area contributed by atoms with Crippen molar-refractivity contribution in [3.8, 4) is 0 Å². The third kappa shape index (κ3) is 5.30. The molecule has 0 aliphatic rings. The molecule has 3 N–H and O–H groups in total. The first-order valence-electron chi connectivity index (χ1n) is 8.06. The summed E-state index contributed by atoms with van der Waals surface area (Å²) in [6.07, 6.45) is -5.99. The second-order valence-electron chi connectivity index (χ2n) is 5.85. The lowest BCUT2D eigenvalue weighted by molar-refractivity contribution is -0.138. The van der Waals surface area contributed by atoms with Crippen molar-refractivity contribution in [2.24, 2.45) is 5.73 Å². The standard InChI is InChI=1S/C19H19F3N2O3/c1-27-16(12-7-3-2-4-8-12)18(26)24-15(17(23)25)11-13-9-5-6-10-14(13)19(20,21)22/h2-10,15-16H,11H2,1H3,(H2,23,25)(H,24,26)/t15-,16+/m0/s1. The maximum absolute atomic E-state index is 13.1. The number of alkyl halides is 3. The second kappa shape index (κ2) is 8.68. The molecular weight excluding hydrogens is 361 g/mol. The predicted molar refractivity (Wildman–Crippen MR) is 92.5 cm³/mol. The zero-order valence-electron chi connectivity index (χ0n) is 14.5. The van der Waals surface area contributed by atoms with Crippen molar-refractivity contribution in [1.82, 2.24) is 5.32 Å². The molecule has 2 atom stereocenters. The first-order valence-corrected chi connectivity index (χ1v) is 8.06. The minimum absolute atomic E-state index is 0.136. The van der Waals surface area contributed by atoms with Crippen LogP contribution in [0.1, 0.15) is 22.8 Å². The Bertz CT molecular complexity index is 794. The van der Waals surface area contributed by atoms with Gasteiger partial charge < -0.3 is 15.8 Å². The number of amides is 2. The number of halogens is 3. The van der Waals surface area contributed by atoms with Gasteiger partial charge >= 0.3 is 6.18 Å². The first kappa shape index (κ1) is 20.4. The van der Waals surface area contributed by atoms with Crippen molar-refractivity contribution in [3.05, 3.63) is 71.3 Å². The number of methoxy groups -OCH3 is 1. The molecule has 5 nitrogen and oxygen atoms in total. The maximum Gasteiger partial charge on any atom is 0.416 e. The molecule has 27 heavy (non-hydrogen) atoms. The lowest BCUT2D eigenvalue weighted by atomic mass is 9.99. The summed E-state index contributed by atoms with van der Waals surface area (Å²) in [6.45, 7) is 0. The van der Waals surface area contributed by atoms with Gasteiger partial charge in [0.2, 0.25) is 5.91 Å². The van der Waals surface area contributed by atoms with Crippen molar-refractivity contribution in [1.29, 1.82) is 0 Å². The number of nitrogens with two attached hydrogens (primary N) is 1. The van der Waals surface area contributed by atoms with Gasteiger partial charge in [-0.15, -0.1) is 0 Å². The molecule has 2 rings (SSSR count). The summed E-state index contributed by atoms with van der Waals surface area (Å²) in [5.41, 5.74) is 4.82. The van der Waals surface area contributed by atoms with E-state index in [1.807, 2.05) is 0 Å². The molecule has 0 saturated carbocycles. The van der Waals surface area contributed by atoms with E-state index in [9.17, 15) is 22.8 Å². The van der Waals surface area contributed by atoms with Crippen molar-refractivity contribution < 1.29 is 27.5 Å². The molecule has 0 bridgehead atoms. The van der Waals surface area contributed by atoms with Gasteiger partial charge in [-0.1, -0.05) is 48.5 Å². The van der Waals surface area contributed by atoms with Crippen molar-refractivity contribution >= 4 is 11.8 Å². The van der Waals surface area contributed by atoms with E-state index in [0.29, 0.717) is 5.56 Å². The quantitative estimate of drug-likeness (QED) is 0.775. The van der Waals surface area contributed by atoms with E-state index in [1.54, 1.807) is 30.3 Å². The zero-order chi connectivity index (χ0) is 20.0. The fourth-order valence-corrected chi connectivity index (χ4v) is 2.69. The Morgan fingerprint density at radius 1 is 1.07 bits per heavy atom. The van der Waals surface area contributed by atoms with Crippen LogP contribution >= 0.6 is 0 Å². The molecule has 2 aromatic rings. The summed E-state index contributed by atoms with van der Waals surface area (Å²) in [6, 6.07) is 12.0. The third-order valence-electron chi connectivity index (χ3n) is 3.98. The highest BCUT2D eigenvalue weighted by molar-refractivity contribution is 5.89. The van der Waals surface area contributed by atoms with E-state index in [0.717, 1.165) is 6.07 Å². The number of hydrogen-bond acceptors (Lipinski definition) is 3. The molecule has 0 saturated heterocycles. The van der Waals surface area contributed by atoms with Gasteiger partial charge in [-0.2, -0.15) is 13.2 Å². The predicted octanol–water partition coefficient (Wildman–Crippen LogP) is 2.61. The summed E-state index contributed by atoms with van der Waals surface area (Å²) in [5, 5.41) is 2.39. The highest BCUT2D eigenvalue weighted by Gasteiger charge is 2.34. The van der Waals surface area contributed by atoms with Crippen LogP contribution in [0.4, 0.5) is 13.2 Å². The number of carbonyl (C=O) groups is 2. The number of rotatable bonds is 7. The maximum atomic E-state index is 13.1. The first-order chi connectivity index (χ1) is 12.7. The van der Waals surface area contributed by atoms with Gasteiger partial charge in [0.1, 0.15) is 6.04 Å². The number of ether oxygens (including phenoxy) is 1. The topological polar surface area (TPSA) is 81.4 Å². The molecule has 0 fully saturated rings. The van der Waals surface area contributed by atoms with E-state index >= 15 is 0 Å². The molecule has 0 unspecified atom stereocenters. The normalized spacial score (nSPS) is 13.6. The monoisotopic (exact) mass is 380 g/mol. The minimum atomic E-state index is -4.58. The Labute approximate surface area is 154 Å². The minimum Gasteiger partial charge on any atom is -0.368 e. The van der Waals surface area contributed by atoms with Gasteiger partial charge in [-0.25, -0.2) is 0 Å². The molecule has 0 aliphatic carbocycles. The summed E-state index contributed by atoms with van der Waals surface area (Å²) in [4.78, 5) is 24.2. The lowest BCUT2D eigenvalue weighted by Crippen LogP contribution is -2.47. The molecule has 2 aromatic carbocycles. The molecule has 0 heterocycles. The Kier molecular flexibility index (Phi) is 6.57. The van der Waals surface area contributed by atoms with Crippen LogP contribution in [0.25, 0.3) is 0 Å². The summed E-state index contributed by atoms with van der Waals surface area (Å²) in [5.74, 6) is -1.61. The Balaban J connectivity index is 2.22. The molecule has 0 radical (unpaired) electrons. The second-order valence-corrected chi connectivity index (χ2v) is 5.85. The summed E-state index contributed by atoms with van der Waals surface area (Å²) in [7, 11) is 1.31. The average molecular weight is 380 g/mol. The SMILES string of the molecule is CO[C@@H](C(=O)N[C@@H](Cc1ccccc1C(F)(F)F)C(N)=O)c1ccccc1. The average Bonchev–Trinajstić information content (AvgIpc) is 2.62. The van der Waals surface area contributed by atoms with Crippen molar-refractivity contribution in [2.45, 2.75) is 24.7 Å². The van der Waals surface area contributed by atoms with Crippen LogP contribution in [0.2, 0.25) is 0 Å².